The highest BCUT2D eigenvalue weighted by Gasteiger charge is 2.52. The van der Waals surface area contributed by atoms with E-state index in [2.05, 4.69) is 16.9 Å². The summed E-state index contributed by atoms with van der Waals surface area (Å²) in [4.78, 5) is 15.1. The van der Waals surface area contributed by atoms with Crippen LogP contribution in [0.5, 0.6) is 5.88 Å². The van der Waals surface area contributed by atoms with Crippen molar-refractivity contribution in [3.63, 3.8) is 0 Å². The number of alkyl halides is 3. The number of ether oxygens (including phenoxy) is 1. The van der Waals surface area contributed by atoms with Crippen LogP contribution in [-0.4, -0.2) is 84.4 Å². The molecule has 1 spiro atoms. The van der Waals surface area contributed by atoms with Gasteiger partial charge in [0.05, 0.1) is 12.4 Å². The Labute approximate surface area is 184 Å². The zero-order valence-corrected chi connectivity index (χ0v) is 18.6. The molecule has 2 fully saturated rings. The molecule has 1 atom stereocenters. The number of carboxylic acids is 1. The van der Waals surface area contributed by atoms with Crippen molar-refractivity contribution in [1.29, 1.82) is 0 Å². The number of pyridine rings is 1. The Morgan fingerprint density at radius 2 is 2.00 bits per heavy atom. The van der Waals surface area contributed by atoms with Crippen LogP contribution in [0.3, 0.4) is 0 Å². The minimum atomic E-state index is -5.08. The van der Waals surface area contributed by atoms with E-state index in [0.717, 1.165) is 19.4 Å². The number of carboxylic acid groups (broad SMARTS) is 1. The molecule has 0 saturated carbocycles. The lowest BCUT2D eigenvalue weighted by Crippen LogP contribution is -2.72. The second kappa shape index (κ2) is 10.3. The Morgan fingerprint density at radius 3 is 2.53 bits per heavy atom. The van der Waals surface area contributed by atoms with Gasteiger partial charge in [-0.15, -0.1) is 0 Å². The van der Waals surface area contributed by atoms with Gasteiger partial charge in [-0.1, -0.05) is 6.92 Å². The zero-order chi connectivity index (χ0) is 24.2. The molecule has 182 valence electrons. The second-order valence-corrected chi connectivity index (χ2v) is 10.1. The van der Waals surface area contributed by atoms with E-state index in [1.54, 1.807) is 4.31 Å². The smallest absolute Gasteiger partial charge is 0.475 e. The molecule has 1 unspecified atom stereocenters. The second-order valence-electron chi connectivity index (χ2n) is 7.99. The Kier molecular flexibility index (Phi) is 8.45. The number of carbonyl (C=O) groups is 1. The summed E-state index contributed by atoms with van der Waals surface area (Å²) in [6.07, 6.45) is -1.13. The van der Waals surface area contributed by atoms with Crippen molar-refractivity contribution < 1.29 is 40.6 Å². The van der Waals surface area contributed by atoms with Crippen molar-refractivity contribution in [1.82, 2.24) is 14.2 Å². The highest BCUT2D eigenvalue weighted by Crippen LogP contribution is 2.39. The minimum absolute atomic E-state index is 0.0382. The van der Waals surface area contributed by atoms with Crippen LogP contribution in [0.2, 0.25) is 0 Å². The zero-order valence-electron chi connectivity index (χ0n) is 17.8. The molecule has 0 aliphatic carbocycles. The molecule has 0 amide bonds. The summed E-state index contributed by atoms with van der Waals surface area (Å²) in [6, 6.07) is 2.87. The number of rotatable bonds is 6. The van der Waals surface area contributed by atoms with Crippen LogP contribution in [0.15, 0.2) is 18.3 Å². The van der Waals surface area contributed by atoms with Crippen molar-refractivity contribution in [3.8, 4) is 5.88 Å². The third-order valence-corrected chi connectivity index (χ3v) is 7.54. The maximum atomic E-state index is 13.6. The predicted molar refractivity (Wildman–Crippen MR) is 107 cm³/mol. The molecule has 1 aromatic heterocycles. The van der Waals surface area contributed by atoms with E-state index in [1.807, 2.05) is 6.92 Å². The fraction of sp³-hybridized carbons (Fsp3) is 0.684. The number of piperidine rings is 1. The molecule has 1 N–H and O–H groups in total. The van der Waals surface area contributed by atoms with Crippen molar-refractivity contribution >= 4 is 16.0 Å². The van der Waals surface area contributed by atoms with E-state index in [0.29, 0.717) is 26.1 Å². The van der Waals surface area contributed by atoms with E-state index in [9.17, 15) is 26.0 Å². The number of likely N-dealkylation sites (N-methyl/N-ethyl adjacent to an activating group) is 1. The number of hydrogen-bond acceptors (Lipinski definition) is 6. The van der Waals surface area contributed by atoms with Crippen LogP contribution in [0.25, 0.3) is 0 Å². The number of hydrogen-bond donors (Lipinski definition) is 1. The molecule has 3 rings (SSSR count). The maximum absolute atomic E-state index is 13.6. The molecule has 1 aromatic rings. The van der Waals surface area contributed by atoms with Gasteiger partial charge in [-0.2, -0.15) is 17.5 Å². The van der Waals surface area contributed by atoms with Crippen molar-refractivity contribution in [2.45, 2.75) is 37.9 Å². The van der Waals surface area contributed by atoms with E-state index >= 15 is 0 Å². The van der Waals surface area contributed by atoms with Gasteiger partial charge in [0.1, 0.15) is 0 Å². The molecule has 0 bridgehead atoms. The summed E-state index contributed by atoms with van der Waals surface area (Å²) in [5.41, 5.74) is -0.115. The average molecular weight is 486 g/mol. The van der Waals surface area contributed by atoms with E-state index in [1.165, 1.54) is 18.3 Å². The largest absolute Gasteiger partial charge is 0.490 e. The molecule has 13 heteroatoms. The van der Waals surface area contributed by atoms with Gasteiger partial charge >= 0.3 is 12.1 Å². The lowest BCUT2D eigenvalue weighted by Gasteiger charge is -2.57. The molecule has 32 heavy (non-hydrogen) atoms. The summed E-state index contributed by atoms with van der Waals surface area (Å²) in [5, 5.41) is 7.12. The van der Waals surface area contributed by atoms with Crippen molar-refractivity contribution in [2.75, 3.05) is 39.0 Å². The lowest BCUT2D eigenvalue weighted by molar-refractivity contribution is -0.192. The van der Waals surface area contributed by atoms with Gasteiger partial charge < -0.3 is 9.84 Å². The molecule has 3 heterocycles. The van der Waals surface area contributed by atoms with Gasteiger partial charge in [0.15, 0.2) is 5.82 Å². The van der Waals surface area contributed by atoms with Gasteiger partial charge in [0, 0.05) is 24.8 Å². The summed E-state index contributed by atoms with van der Waals surface area (Å²) in [6.45, 7) is 4.26. The van der Waals surface area contributed by atoms with E-state index < -0.39 is 28.0 Å². The fourth-order valence-corrected chi connectivity index (χ4v) is 5.44. The molecular formula is C19H27F4N3O5S. The number of aromatic nitrogens is 1. The first-order valence-corrected chi connectivity index (χ1v) is 11.6. The standard InChI is InChI=1S/C17H26FN3O3S.C2HF3O2/c1-3-9-25(22,23)21-12-17(13-21)10-14(6-8-20(17)2)11-24-16-15(18)5-4-7-19-16;3-2(4,5)1(6)7/h4-5,7,14H,3,6,8-13H2,1-2H3;(H,6,7). The number of aliphatic carboxylic acids is 1. The first kappa shape index (κ1) is 26.3. The topological polar surface area (TPSA) is 100 Å². The molecule has 2 aliphatic heterocycles. The third-order valence-electron chi connectivity index (χ3n) is 5.57. The third kappa shape index (κ3) is 6.51. The minimum Gasteiger partial charge on any atom is -0.475 e. The summed E-state index contributed by atoms with van der Waals surface area (Å²) in [5.74, 6) is -2.69. The first-order valence-electron chi connectivity index (χ1n) is 10.0. The number of sulfonamides is 1. The van der Waals surface area contributed by atoms with E-state index in [4.69, 9.17) is 14.6 Å². The van der Waals surface area contributed by atoms with Crippen molar-refractivity contribution in [2.24, 2.45) is 5.92 Å². The predicted octanol–water partition coefficient (Wildman–Crippen LogP) is 2.37. The average Bonchev–Trinajstić information content (AvgIpc) is 2.66. The molecule has 8 nitrogen and oxygen atoms in total. The number of nitrogens with zero attached hydrogens (tertiary/aromatic N) is 3. The van der Waals surface area contributed by atoms with Crippen molar-refractivity contribution in [3.05, 3.63) is 24.1 Å². The van der Waals surface area contributed by atoms with Crippen LogP contribution in [0, 0.1) is 11.7 Å². The van der Waals surface area contributed by atoms with Gasteiger partial charge in [-0.25, -0.2) is 22.6 Å². The Morgan fingerprint density at radius 1 is 1.38 bits per heavy atom. The molecule has 0 aromatic carbocycles. The summed E-state index contributed by atoms with van der Waals surface area (Å²) < 4.78 is 76.9. The van der Waals surface area contributed by atoms with Crippen LogP contribution in [0.4, 0.5) is 17.6 Å². The van der Waals surface area contributed by atoms with Gasteiger partial charge in [0.25, 0.3) is 0 Å². The van der Waals surface area contributed by atoms with Gasteiger partial charge in [0.2, 0.25) is 15.9 Å². The van der Waals surface area contributed by atoms with Crippen LogP contribution in [-0.2, 0) is 14.8 Å². The summed E-state index contributed by atoms with van der Waals surface area (Å²) in [7, 11) is -1.08. The first-order chi connectivity index (χ1) is 14.8. The summed E-state index contributed by atoms with van der Waals surface area (Å²) >= 11 is 0. The number of likely N-dealkylation sites (tertiary alicyclic amines) is 1. The quantitative estimate of drug-likeness (QED) is 0.618. The highest BCUT2D eigenvalue weighted by atomic mass is 32.2. The van der Waals surface area contributed by atoms with Gasteiger partial charge in [-0.3, -0.25) is 4.90 Å². The monoisotopic (exact) mass is 485 g/mol. The maximum Gasteiger partial charge on any atom is 0.490 e. The van der Waals surface area contributed by atoms with Gasteiger partial charge in [-0.05, 0) is 50.9 Å². The lowest BCUT2D eigenvalue weighted by atomic mass is 9.77. The highest BCUT2D eigenvalue weighted by molar-refractivity contribution is 7.89. The Hall–Kier alpha value is -1.99. The molecular weight excluding hydrogens is 458 g/mol. The van der Waals surface area contributed by atoms with Crippen LogP contribution < -0.4 is 4.74 Å². The molecule has 2 aliphatic rings. The SMILES string of the molecule is CCCS(=O)(=O)N1CC2(CC(COc3ncccc3F)CCN2C)C1.O=C(O)C(F)(F)F. The Balaban J connectivity index is 0.000000451. The number of halogens is 4. The molecule has 0 radical (unpaired) electrons. The fourth-order valence-electron chi connectivity index (χ4n) is 3.79. The van der Waals surface area contributed by atoms with E-state index in [-0.39, 0.29) is 23.1 Å². The van der Waals surface area contributed by atoms with Crippen LogP contribution >= 0.6 is 0 Å². The molecule has 2 saturated heterocycles. The van der Waals surface area contributed by atoms with Crippen LogP contribution in [0.1, 0.15) is 26.2 Å². The normalized spacial score (nSPS) is 21.4. The Bertz CT molecular complexity index is 891.